The maximum atomic E-state index is 11.6. The zero-order chi connectivity index (χ0) is 13.6. The van der Waals surface area contributed by atoms with Gasteiger partial charge >= 0.3 is 0 Å². The van der Waals surface area contributed by atoms with Gasteiger partial charge in [0.05, 0.1) is 6.33 Å². The van der Waals surface area contributed by atoms with Crippen LogP contribution in [0.15, 0.2) is 11.1 Å². The molecule has 2 atom stereocenters. The number of nitrogens with one attached hydrogen (secondary N) is 1. The standard InChI is InChI=1S/C11H15N5O3/c12-11-14-9-8(10(19)15-11)13-4-16(9)1-5-6(2-17)7(5)3-18/h4-7,17-18H,1-3H2,(H3,12,14,15,19)/t6-,7-/m0/s1. The molecule has 102 valence electrons. The fourth-order valence-electron chi connectivity index (χ4n) is 2.67. The molecule has 1 saturated carbocycles. The minimum atomic E-state index is -0.366. The van der Waals surface area contributed by atoms with E-state index in [0.29, 0.717) is 12.2 Å². The number of nitrogens with zero attached hydrogens (tertiary/aromatic N) is 3. The Hall–Kier alpha value is -1.93. The Kier molecular flexibility index (Phi) is 2.76. The number of imidazole rings is 1. The third kappa shape index (κ3) is 1.89. The molecule has 5 N–H and O–H groups in total. The lowest BCUT2D eigenvalue weighted by Gasteiger charge is -2.03. The number of nitrogens with two attached hydrogens (primary N) is 1. The summed E-state index contributed by atoms with van der Waals surface area (Å²) >= 11 is 0. The number of fused-ring (bicyclic) bond motifs is 1. The van der Waals surface area contributed by atoms with Crippen LogP contribution < -0.4 is 11.3 Å². The van der Waals surface area contributed by atoms with E-state index >= 15 is 0 Å². The molecule has 3 rings (SSSR count). The van der Waals surface area contributed by atoms with E-state index in [4.69, 9.17) is 5.73 Å². The molecule has 8 nitrogen and oxygen atoms in total. The molecular formula is C11H15N5O3. The van der Waals surface area contributed by atoms with Crippen LogP contribution in [0.5, 0.6) is 0 Å². The Morgan fingerprint density at radius 2 is 2.00 bits per heavy atom. The summed E-state index contributed by atoms with van der Waals surface area (Å²) in [4.78, 5) is 22.1. The van der Waals surface area contributed by atoms with E-state index in [2.05, 4.69) is 15.0 Å². The number of aromatic amines is 1. The summed E-state index contributed by atoms with van der Waals surface area (Å²) in [6.45, 7) is 0.667. The van der Waals surface area contributed by atoms with Crippen molar-refractivity contribution in [2.45, 2.75) is 6.54 Å². The third-order valence-corrected chi connectivity index (χ3v) is 3.83. The molecule has 0 saturated heterocycles. The summed E-state index contributed by atoms with van der Waals surface area (Å²) in [6, 6.07) is 0. The van der Waals surface area contributed by atoms with Gasteiger partial charge in [0, 0.05) is 19.8 Å². The van der Waals surface area contributed by atoms with E-state index in [1.54, 1.807) is 4.57 Å². The van der Waals surface area contributed by atoms with Gasteiger partial charge in [0.25, 0.3) is 5.56 Å². The van der Waals surface area contributed by atoms with Gasteiger partial charge in [-0.3, -0.25) is 9.78 Å². The monoisotopic (exact) mass is 265 g/mol. The van der Waals surface area contributed by atoms with Gasteiger partial charge in [0.15, 0.2) is 11.2 Å². The molecule has 1 fully saturated rings. The number of H-pyrrole nitrogens is 1. The Morgan fingerprint density at radius 1 is 1.32 bits per heavy atom. The highest BCUT2D eigenvalue weighted by molar-refractivity contribution is 5.70. The predicted molar refractivity (Wildman–Crippen MR) is 67.2 cm³/mol. The van der Waals surface area contributed by atoms with Gasteiger partial charge < -0.3 is 20.5 Å². The fourth-order valence-corrected chi connectivity index (χ4v) is 2.67. The molecule has 19 heavy (non-hydrogen) atoms. The predicted octanol–water partition coefficient (Wildman–Crippen LogP) is -1.45. The van der Waals surface area contributed by atoms with E-state index in [9.17, 15) is 15.0 Å². The smallest absolute Gasteiger partial charge is 0.280 e. The number of nitrogen functional groups attached to an aromatic ring is 1. The lowest BCUT2D eigenvalue weighted by atomic mass is 10.3. The van der Waals surface area contributed by atoms with E-state index in [0.717, 1.165) is 0 Å². The molecule has 8 heteroatoms. The molecule has 0 spiro atoms. The third-order valence-electron chi connectivity index (χ3n) is 3.83. The van der Waals surface area contributed by atoms with Crippen molar-refractivity contribution in [2.24, 2.45) is 17.8 Å². The molecule has 0 aliphatic heterocycles. The minimum Gasteiger partial charge on any atom is -0.396 e. The highest BCUT2D eigenvalue weighted by Gasteiger charge is 2.49. The van der Waals surface area contributed by atoms with Gasteiger partial charge in [-0.2, -0.15) is 4.98 Å². The Morgan fingerprint density at radius 3 is 2.63 bits per heavy atom. The number of hydrogen-bond acceptors (Lipinski definition) is 6. The molecule has 1 aliphatic rings. The second-order valence-electron chi connectivity index (χ2n) is 4.88. The van der Waals surface area contributed by atoms with Crippen molar-refractivity contribution >= 4 is 17.1 Å². The van der Waals surface area contributed by atoms with Crippen LogP contribution >= 0.6 is 0 Å². The quantitative estimate of drug-likeness (QED) is 0.535. The lowest BCUT2D eigenvalue weighted by molar-refractivity contribution is 0.232. The van der Waals surface area contributed by atoms with Gasteiger partial charge in [0.2, 0.25) is 5.95 Å². The fraction of sp³-hybridized carbons (Fsp3) is 0.545. The number of rotatable bonds is 4. The molecule has 0 unspecified atom stereocenters. The molecule has 1 aliphatic carbocycles. The van der Waals surface area contributed by atoms with Gasteiger partial charge in [-0.05, 0) is 17.8 Å². The first-order chi connectivity index (χ1) is 9.15. The van der Waals surface area contributed by atoms with Crippen molar-refractivity contribution in [3.05, 3.63) is 16.7 Å². The SMILES string of the molecule is Nc1nc2c(ncn2CC2[C@H](CO)[C@H]2CO)c(=O)[nH]1. The molecule has 0 amide bonds. The van der Waals surface area contributed by atoms with Gasteiger partial charge in [-0.15, -0.1) is 0 Å². The summed E-state index contributed by atoms with van der Waals surface area (Å²) in [7, 11) is 0. The van der Waals surface area contributed by atoms with E-state index in [1.807, 2.05) is 0 Å². The van der Waals surface area contributed by atoms with Gasteiger partial charge in [-0.25, -0.2) is 4.98 Å². The average Bonchev–Trinajstić information content (AvgIpc) is 2.91. The largest absolute Gasteiger partial charge is 0.396 e. The van der Waals surface area contributed by atoms with Gasteiger partial charge in [0.1, 0.15) is 0 Å². The normalized spacial score (nSPS) is 25.9. The zero-order valence-corrected chi connectivity index (χ0v) is 10.2. The summed E-state index contributed by atoms with van der Waals surface area (Å²) in [5.41, 5.74) is 5.83. The lowest BCUT2D eigenvalue weighted by Crippen LogP contribution is -2.12. The molecule has 2 heterocycles. The number of anilines is 1. The number of aliphatic hydroxyl groups is 2. The zero-order valence-electron chi connectivity index (χ0n) is 10.2. The van der Waals surface area contributed by atoms with Crippen LogP contribution in [0.4, 0.5) is 5.95 Å². The van der Waals surface area contributed by atoms with Crippen LogP contribution in [-0.2, 0) is 6.54 Å². The van der Waals surface area contributed by atoms with Crippen molar-refractivity contribution in [1.29, 1.82) is 0 Å². The minimum absolute atomic E-state index is 0.0486. The molecule has 0 bridgehead atoms. The van der Waals surface area contributed by atoms with Crippen LogP contribution in [-0.4, -0.2) is 42.9 Å². The first-order valence-electron chi connectivity index (χ1n) is 6.08. The molecule has 0 radical (unpaired) electrons. The van der Waals surface area contributed by atoms with E-state index in [1.165, 1.54) is 6.33 Å². The molecule has 2 aromatic heterocycles. The first-order valence-corrected chi connectivity index (χ1v) is 6.08. The Labute approximate surface area is 107 Å². The van der Waals surface area contributed by atoms with Crippen molar-refractivity contribution < 1.29 is 10.2 Å². The van der Waals surface area contributed by atoms with Crippen molar-refractivity contribution in [3.8, 4) is 0 Å². The van der Waals surface area contributed by atoms with Crippen LogP contribution in [0.2, 0.25) is 0 Å². The molecule has 0 aromatic carbocycles. The van der Waals surface area contributed by atoms with E-state index < -0.39 is 0 Å². The van der Waals surface area contributed by atoms with E-state index in [-0.39, 0.29) is 48.0 Å². The number of hydrogen-bond donors (Lipinski definition) is 4. The van der Waals surface area contributed by atoms with Crippen molar-refractivity contribution in [2.75, 3.05) is 18.9 Å². The second kappa shape index (κ2) is 4.32. The van der Waals surface area contributed by atoms with Crippen LogP contribution in [0.1, 0.15) is 0 Å². The highest BCUT2D eigenvalue weighted by atomic mass is 16.3. The van der Waals surface area contributed by atoms with Crippen LogP contribution in [0.25, 0.3) is 11.2 Å². The van der Waals surface area contributed by atoms with Crippen molar-refractivity contribution in [3.63, 3.8) is 0 Å². The molecule has 2 aromatic rings. The average molecular weight is 265 g/mol. The summed E-state index contributed by atoms with van der Waals surface area (Å²) in [5, 5.41) is 18.4. The maximum absolute atomic E-state index is 11.6. The second-order valence-corrected chi connectivity index (χ2v) is 4.88. The summed E-state index contributed by atoms with van der Waals surface area (Å²) in [6.07, 6.45) is 1.54. The van der Waals surface area contributed by atoms with Crippen LogP contribution in [0, 0.1) is 17.8 Å². The van der Waals surface area contributed by atoms with Crippen LogP contribution in [0.3, 0.4) is 0 Å². The summed E-state index contributed by atoms with van der Waals surface area (Å²) < 4.78 is 1.74. The maximum Gasteiger partial charge on any atom is 0.280 e. The molecular weight excluding hydrogens is 250 g/mol. The Balaban J connectivity index is 1.92. The summed E-state index contributed by atoms with van der Waals surface area (Å²) in [5.74, 6) is 0.422. The topological polar surface area (TPSA) is 130 Å². The number of aliphatic hydroxyl groups excluding tert-OH is 2. The van der Waals surface area contributed by atoms with Gasteiger partial charge in [-0.1, -0.05) is 0 Å². The first kappa shape index (κ1) is 12.1. The number of aromatic nitrogens is 4. The Bertz CT molecular complexity index is 654. The van der Waals surface area contributed by atoms with Crippen molar-refractivity contribution in [1.82, 2.24) is 19.5 Å². The highest BCUT2D eigenvalue weighted by Crippen LogP contribution is 2.46.